The van der Waals surface area contributed by atoms with Gasteiger partial charge in [-0.25, -0.2) is 4.39 Å². The maximum Gasteiger partial charge on any atom is 0.428 e. The van der Waals surface area contributed by atoms with Crippen molar-refractivity contribution in [3.63, 3.8) is 0 Å². The number of hydrogen-bond acceptors (Lipinski definition) is 2. The molecule has 1 rings (SSSR count). The summed E-state index contributed by atoms with van der Waals surface area (Å²) in [6.45, 7) is -1.18. The Morgan fingerprint density at radius 3 is 2.19 bits per heavy atom. The number of alkyl halides is 4. The van der Waals surface area contributed by atoms with Crippen LogP contribution in [0.2, 0.25) is 0 Å². The van der Waals surface area contributed by atoms with E-state index in [-0.39, 0.29) is 5.75 Å². The van der Waals surface area contributed by atoms with Gasteiger partial charge in [-0.05, 0) is 6.07 Å². The van der Waals surface area contributed by atoms with Gasteiger partial charge in [0.2, 0.25) is 5.67 Å². The van der Waals surface area contributed by atoms with Crippen LogP contribution in [0.25, 0.3) is 0 Å². The van der Waals surface area contributed by atoms with E-state index in [2.05, 4.69) is 0 Å². The minimum atomic E-state index is -5.07. The number of para-hydroxylation sites is 1. The zero-order valence-electron chi connectivity index (χ0n) is 8.51. The number of nitrogens with two attached hydrogens (primary N) is 1. The highest BCUT2D eigenvalue weighted by Crippen LogP contribution is 2.44. The second-order valence-electron chi connectivity index (χ2n) is 3.20. The first-order valence-electron chi connectivity index (χ1n) is 4.46. The van der Waals surface area contributed by atoms with Crippen LogP contribution in [-0.4, -0.2) is 19.8 Å². The molecule has 0 spiro atoms. The van der Waals surface area contributed by atoms with Gasteiger partial charge in [-0.15, -0.1) is 0 Å². The van der Waals surface area contributed by atoms with Gasteiger partial charge in [0.1, 0.15) is 5.75 Å². The van der Waals surface area contributed by atoms with Crippen LogP contribution in [-0.2, 0) is 5.67 Å². The summed E-state index contributed by atoms with van der Waals surface area (Å²) in [4.78, 5) is 0. The summed E-state index contributed by atoms with van der Waals surface area (Å²) in [7, 11) is 1.17. The first kappa shape index (κ1) is 12.8. The topological polar surface area (TPSA) is 35.2 Å². The molecule has 1 aromatic rings. The zero-order chi connectivity index (χ0) is 12.4. The van der Waals surface area contributed by atoms with Crippen molar-refractivity contribution < 1.29 is 22.3 Å². The van der Waals surface area contributed by atoms with Crippen molar-refractivity contribution in [2.75, 3.05) is 13.7 Å². The summed E-state index contributed by atoms with van der Waals surface area (Å²) in [5.74, 6) is -0.173. The largest absolute Gasteiger partial charge is 0.496 e. The Morgan fingerprint density at radius 1 is 1.19 bits per heavy atom. The molecule has 2 N–H and O–H groups in total. The fourth-order valence-electron chi connectivity index (χ4n) is 1.35. The Morgan fingerprint density at radius 2 is 1.75 bits per heavy atom. The van der Waals surface area contributed by atoms with E-state index in [1.165, 1.54) is 25.3 Å². The van der Waals surface area contributed by atoms with Crippen LogP contribution in [0.1, 0.15) is 5.56 Å². The van der Waals surface area contributed by atoms with Gasteiger partial charge in [0.15, 0.2) is 0 Å². The molecule has 0 amide bonds. The van der Waals surface area contributed by atoms with Gasteiger partial charge in [0.05, 0.1) is 7.11 Å². The van der Waals surface area contributed by atoms with E-state index in [9.17, 15) is 17.6 Å². The molecule has 0 radical (unpaired) electrons. The molecule has 1 unspecified atom stereocenters. The molecule has 0 saturated carbocycles. The van der Waals surface area contributed by atoms with Crippen LogP contribution in [0.3, 0.4) is 0 Å². The molecular weight excluding hydrogens is 226 g/mol. The highest BCUT2D eigenvalue weighted by Gasteiger charge is 2.57. The third-order valence-electron chi connectivity index (χ3n) is 2.26. The minimum Gasteiger partial charge on any atom is -0.496 e. The number of methoxy groups -OCH3 is 1. The van der Waals surface area contributed by atoms with Crippen molar-refractivity contribution in [3.05, 3.63) is 29.8 Å². The van der Waals surface area contributed by atoms with Crippen LogP contribution >= 0.6 is 0 Å². The Balaban J connectivity index is 3.33. The number of rotatable bonds is 3. The maximum atomic E-state index is 13.9. The van der Waals surface area contributed by atoms with Gasteiger partial charge in [0, 0.05) is 12.1 Å². The molecule has 1 aromatic carbocycles. The van der Waals surface area contributed by atoms with Crippen molar-refractivity contribution in [2.24, 2.45) is 5.73 Å². The predicted octanol–water partition coefficient (Wildman–Crippen LogP) is 2.38. The normalized spacial score (nSPS) is 15.6. The smallest absolute Gasteiger partial charge is 0.428 e. The van der Waals surface area contributed by atoms with Crippen LogP contribution < -0.4 is 10.5 Å². The van der Waals surface area contributed by atoms with Gasteiger partial charge in [0.25, 0.3) is 0 Å². The lowest BCUT2D eigenvalue weighted by Crippen LogP contribution is -2.44. The summed E-state index contributed by atoms with van der Waals surface area (Å²) in [5.41, 5.74) is 0.710. The second kappa shape index (κ2) is 4.29. The standard InChI is InChI=1S/C10H11F4NO/c1-16-8-5-3-2-4-7(8)9(11,6-15)10(12,13)14/h2-5H,6,15H2,1H3. The first-order chi connectivity index (χ1) is 7.36. The lowest BCUT2D eigenvalue weighted by atomic mass is 9.94. The lowest BCUT2D eigenvalue weighted by molar-refractivity contribution is -0.232. The highest BCUT2D eigenvalue weighted by atomic mass is 19.4. The third kappa shape index (κ3) is 1.97. The number of hydrogen-bond donors (Lipinski definition) is 1. The van der Waals surface area contributed by atoms with Gasteiger partial charge in [-0.1, -0.05) is 18.2 Å². The van der Waals surface area contributed by atoms with E-state index >= 15 is 0 Å². The highest BCUT2D eigenvalue weighted by molar-refractivity contribution is 5.39. The number of benzene rings is 1. The maximum absolute atomic E-state index is 13.9. The average molecular weight is 237 g/mol. The molecule has 0 aromatic heterocycles. The summed E-state index contributed by atoms with van der Waals surface area (Å²) in [6, 6.07) is 5.02. The van der Waals surface area contributed by atoms with Crippen molar-refractivity contribution >= 4 is 0 Å². The lowest BCUT2D eigenvalue weighted by Gasteiger charge is -2.28. The summed E-state index contributed by atoms with van der Waals surface area (Å²) in [5, 5.41) is 0. The minimum absolute atomic E-state index is 0.173. The van der Waals surface area contributed by atoms with Gasteiger partial charge in [-0.3, -0.25) is 0 Å². The van der Waals surface area contributed by atoms with Crippen molar-refractivity contribution in [2.45, 2.75) is 11.8 Å². The monoisotopic (exact) mass is 237 g/mol. The fraction of sp³-hybridized carbons (Fsp3) is 0.400. The molecule has 0 bridgehead atoms. The summed E-state index contributed by atoms with van der Waals surface area (Å²) >= 11 is 0. The molecule has 0 aliphatic heterocycles. The van der Waals surface area contributed by atoms with E-state index < -0.39 is 24.0 Å². The second-order valence-corrected chi connectivity index (χ2v) is 3.20. The quantitative estimate of drug-likeness (QED) is 0.819. The van der Waals surface area contributed by atoms with E-state index in [4.69, 9.17) is 10.5 Å². The Kier molecular flexibility index (Phi) is 3.42. The van der Waals surface area contributed by atoms with Crippen LogP contribution in [0.5, 0.6) is 5.75 Å². The molecule has 16 heavy (non-hydrogen) atoms. The number of halogens is 4. The number of ether oxygens (including phenoxy) is 1. The van der Waals surface area contributed by atoms with E-state index in [0.717, 1.165) is 6.07 Å². The van der Waals surface area contributed by atoms with Gasteiger partial charge >= 0.3 is 6.18 Å². The van der Waals surface area contributed by atoms with Gasteiger partial charge in [-0.2, -0.15) is 13.2 Å². The van der Waals surface area contributed by atoms with Crippen LogP contribution in [0.4, 0.5) is 17.6 Å². The van der Waals surface area contributed by atoms with Crippen molar-refractivity contribution in [1.29, 1.82) is 0 Å². The van der Waals surface area contributed by atoms with Crippen molar-refractivity contribution in [3.8, 4) is 5.75 Å². The van der Waals surface area contributed by atoms with Crippen LogP contribution in [0, 0.1) is 0 Å². The molecule has 6 heteroatoms. The van der Waals surface area contributed by atoms with E-state index in [1.54, 1.807) is 0 Å². The zero-order valence-corrected chi connectivity index (χ0v) is 8.51. The Labute approximate surface area is 90.0 Å². The fourth-order valence-corrected chi connectivity index (χ4v) is 1.35. The molecule has 0 saturated heterocycles. The van der Waals surface area contributed by atoms with Crippen molar-refractivity contribution in [1.82, 2.24) is 0 Å². The molecular formula is C10H11F4NO. The average Bonchev–Trinajstić information content (AvgIpc) is 2.26. The molecule has 90 valence electrons. The Bertz CT molecular complexity index is 366. The molecule has 2 nitrogen and oxygen atoms in total. The van der Waals surface area contributed by atoms with Gasteiger partial charge < -0.3 is 10.5 Å². The predicted molar refractivity (Wildman–Crippen MR) is 50.9 cm³/mol. The van der Waals surface area contributed by atoms with E-state index in [0.29, 0.717) is 0 Å². The molecule has 0 fully saturated rings. The third-order valence-corrected chi connectivity index (χ3v) is 2.26. The van der Waals surface area contributed by atoms with Crippen LogP contribution in [0.15, 0.2) is 24.3 Å². The SMILES string of the molecule is COc1ccccc1C(F)(CN)C(F)(F)F. The molecule has 0 heterocycles. The molecule has 0 aliphatic rings. The first-order valence-corrected chi connectivity index (χ1v) is 4.46. The van der Waals surface area contributed by atoms with E-state index in [1.807, 2.05) is 0 Å². The molecule has 0 aliphatic carbocycles. The summed E-state index contributed by atoms with van der Waals surface area (Å²) in [6.07, 6.45) is -5.07. The Hall–Kier alpha value is -1.30. The molecule has 1 atom stereocenters. The summed E-state index contributed by atoms with van der Waals surface area (Å²) < 4.78 is 56.4.